The van der Waals surface area contributed by atoms with E-state index in [0.29, 0.717) is 26.1 Å². The van der Waals surface area contributed by atoms with E-state index in [1.54, 1.807) is 11.8 Å². The molecule has 0 spiro atoms. The van der Waals surface area contributed by atoms with Gasteiger partial charge >= 0.3 is 12.0 Å². The van der Waals surface area contributed by atoms with Crippen LogP contribution in [0.25, 0.3) is 0 Å². The van der Waals surface area contributed by atoms with Gasteiger partial charge in [-0.15, -0.1) is 0 Å². The van der Waals surface area contributed by atoms with E-state index in [9.17, 15) is 9.59 Å². The average Bonchev–Trinajstić information content (AvgIpc) is 2.72. The minimum Gasteiger partial charge on any atom is -0.481 e. The molecule has 6 heteroatoms. The number of carboxylic acid groups (broad SMARTS) is 1. The van der Waals surface area contributed by atoms with Crippen molar-refractivity contribution in [1.82, 2.24) is 10.2 Å². The summed E-state index contributed by atoms with van der Waals surface area (Å²) in [6.07, 6.45) is 6.16. The molecule has 2 aliphatic rings. The molecule has 0 aromatic heterocycles. The molecule has 1 heterocycles. The van der Waals surface area contributed by atoms with Crippen LogP contribution in [0.4, 0.5) is 4.79 Å². The fourth-order valence-electron chi connectivity index (χ4n) is 2.68. The fraction of sp³-hybridized carbons (Fsp3) is 0.846. The summed E-state index contributed by atoms with van der Waals surface area (Å²) in [5.74, 6) is -0.817. The molecule has 1 aliphatic carbocycles. The molecule has 2 amide bonds. The van der Waals surface area contributed by atoms with Gasteiger partial charge in [-0.3, -0.25) is 4.79 Å². The zero-order chi connectivity index (χ0) is 14.1. The third-order valence-corrected chi connectivity index (χ3v) is 5.96. The van der Waals surface area contributed by atoms with Gasteiger partial charge in [-0.1, -0.05) is 6.42 Å². The standard InChI is InChI=1S/C13H22N2O3S/c1-12(10(16)17)6-7-15(9-12)11(18)14-8-13(19-2)4-3-5-13/h3-9H2,1-2H3,(H,14,18)(H,16,17). The minimum atomic E-state index is -0.817. The molecule has 108 valence electrons. The van der Waals surface area contributed by atoms with Crippen LogP contribution in [0.1, 0.15) is 32.6 Å². The first kappa shape index (κ1) is 14.5. The molecular formula is C13H22N2O3S. The highest BCUT2D eigenvalue weighted by Crippen LogP contribution is 2.42. The van der Waals surface area contributed by atoms with Gasteiger partial charge in [0, 0.05) is 24.4 Å². The van der Waals surface area contributed by atoms with E-state index in [1.807, 2.05) is 11.8 Å². The van der Waals surface area contributed by atoms with E-state index >= 15 is 0 Å². The van der Waals surface area contributed by atoms with Crippen molar-refractivity contribution in [1.29, 1.82) is 0 Å². The van der Waals surface area contributed by atoms with Gasteiger partial charge in [-0.05, 0) is 32.4 Å². The first-order chi connectivity index (χ1) is 8.91. The number of carbonyl (C=O) groups excluding carboxylic acids is 1. The van der Waals surface area contributed by atoms with Crippen LogP contribution in [0.3, 0.4) is 0 Å². The van der Waals surface area contributed by atoms with E-state index in [4.69, 9.17) is 5.11 Å². The summed E-state index contributed by atoms with van der Waals surface area (Å²) in [6.45, 7) is 3.23. The number of rotatable bonds is 4. The lowest BCUT2D eigenvalue weighted by atomic mass is 9.84. The fourth-order valence-corrected chi connectivity index (χ4v) is 3.60. The number of thioether (sulfide) groups is 1. The smallest absolute Gasteiger partial charge is 0.317 e. The number of nitrogens with one attached hydrogen (secondary N) is 1. The Morgan fingerprint density at radius 1 is 1.37 bits per heavy atom. The maximum absolute atomic E-state index is 12.1. The Labute approximate surface area is 118 Å². The Morgan fingerprint density at radius 2 is 2.05 bits per heavy atom. The Morgan fingerprint density at radius 3 is 2.47 bits per heavy atom. The zero-order valence-corrected chi connectivity index (χ0v) is 12.4. The predicted molar refractivity (Wildman–Crippen MR) is 75.4 cm³/mol. The summed E-state index contributed by atoms with van der Waals surface area (Å²) in [5, 5.41) is 12.1. The Bertz CT molecular complexity index is 379. The maximum Gasteiger partial charge on any atom is 0.317 e. The molecule has 0 aromatic carbocycles. The third kappa shape index (κ3) is 2.83. The van der Waals surface area contributed by atoms with E-state index in [0.717, 1.165) is 12.8 Å². The van der Waals surface area contributed by atoms with Gasteiger partial charge < -0.3 is 15.3 Å². The van der Waals surface area contributed by atoms with Crippen LogP contribution in [-0.2, 0) is 4.79 Å². The first-order valence-corrected chi connectivity index (χ1v) is 7.95. The van der Waals surface area contributed by atoms with E-state index < -0.39 is 11.4 Å². The van der Waals surface area contributed by atoms with E-state index in [2.05, 4.69) is 11.6 Å². The highest BCUT2D eigenvalue weighted by atomic mass is 32.2. The number of urea groups is 1. The lowest BCUT2D eigenvalue weighted by Gasteiger charge is -2.40. The van der Waals surface area contributed by atoms with Crippen molar-refractivity contribution in [2.24, 2.45) is 5.41 Å². The highest BCUT2D eigenvalue weighted by molar-refractivity contribution is 8.00. The predicted octanol–water partition coefficient (Wildman–Crippen LogP) is 1.78. The second-order valence-electron chi connectivity index (χ2n) is 5.94. The molecule has 19 heavy (non-hydrogen) atoms. The quantitative estimate of drug-likeness (QED) is 0.826. The largest absolute Gasteiger partial charge is 0.481 e. The SMILES string of the molecule is CSC1(CNC(=O)N2CCC(C)(C(=O)O)C2)CCC1. The topological polar surface area (TPSA) is 69.6 Å². The van der Waals surface area contributed by atoms with Crippen molar-refractivity contribution in [2.45, 2.75) is 37.4 Å². The van der Waals surface area contributed by atoms with Crippen molar-refractivity contribution in [3.05, 3.63) is 0 Å². The maximum atomic E-state index is 12.1. The second kappa shape index (κ2) is 5.23. The molecule has 0 bridgehead atoms. The zero-order valence-electron chi connectivity index (χ0n) is 11.6. The molecule has 5 nitrogen and oxygen atoms in total. The second-order valence-corrected chi connectivity index (χ2v) is 7.21. The number of carbonyl (C=O) groups is 2. The molecule has 1 saturated heterocycles. The summed E-state index contributed by atoms with van der Waals surface area (Å²) in [5.41, 5.74) is -0.787. The molecular weight excluding hydrogens is 264 g/mol. The summed E-state index contributed by atoms with van der Waals surface area (Å²) < 4.78 is 0.214. The Balaban J connectivity index is 1.83. The average molecular weight is 286 g/mol. The lowest BCUT2D eigenvalue weighted by Crippen LogP contribution is -2.49. The minimum absolute atomic E-state index is 0.120. The van der Waals surface area contributed by atoms with Crippen molar-refractivity contribution < 1.29 is 14.7 Å². The van der Waals surface area contributed by atoms with Gasteiger partial charge in [-0.2, -0.15) is 11.8 Å². The number of likely N-dealkylation sites (tertiary alicyclic amines) is 1. The number of aliphatic carboxylic acids is 1. The van der Waals surface area contributed by atoms with Crippen LogP contribution < -0.4 is 5.32 Å². The van der Waals surface area contributed by atoms with Crippen LogP contribution in [0, 0.1) is 5.41 Å². The number of hydrogen-bond acceptors (Lipinski definition) is 3. The van der Waals surface area contributed by atoms with Gasteiger partial charge in [0.2, 0.25) is 0 Å². The van der Waals surface area contributed by atoms with Gasteiger partial charge in [0.25, 0.3) is 0 Å². The van der Waals surface area contributed by atoms with Crippen molar-refractivity contribution in [3.8, 4) is 0 Å². The number of carboxylic acids is 1. The van der Waals surface area contributed by atoms with Crippen molar-refractivity contribution >= 4 is 23.8 Å². The van der Waals surface area contributed by atoms with Gasteiger partial charge in [0.05, 0.1) is 5.41 Å². The first-order valence-electron chi connectivity index (χ1n) is 6.72. The number of hydrogen-bond donors (Lipinski definition) is 2. The normalized spacial score (nSPS) is 28.8. The third-order valence-electron chi connectivity index (χ3n) is 4.54. The van der Waals surface area contributed by atoms with Crippen molar-refractivity contribution in [2.75, 3.05) is 25.9 Å². The highest BCUT2D eigenvalue weighted by Gasteiger charge is 2.43. The van der Waals surface area contributed by atoms with E-state index in [-0.39, 0.29) is 10.8 Å². The Hall–Kier alpha value is -0.910. The molecule has 1 atom stereocenters. The summed E-state index contributed by atoms with van der Waals surface area (Å²) >= 11 is 1.82. The Kier molecular flexibility index (Phi) is 3.99. The summed E-state index contributed by atoms with van der Waals surface area (Å²) in [4.78, 5) is 24.8. The van der Waals surface area contributed by atoms with Crippen LogP contribution in [0.5, 0.6) is 0 Å². The molecule has 1 saturated carbocycles. The molecule has 2 rings (SSSR count). The summed E-state index contributed by atoms with van der Waals surface area (Å²) in [7, 11) is 0. The molecule has 2 fully saturated rings. The van der Waals surface area contributed by atoms with Gasteiger partial charge in [-0.25, -0.2) is 4.79 Å². The van der Waals surface area contributed by atoms with Crippen LogP contribution >= 0.6 is 11.8 Å². The number of amides is 2. The van der Waals surface area contributed by atoms with Gasteiger partial charge in [0.15, 0.2) is 0 Å². The molecule has 0 radical (unpaired) electrons. The summed E-state index contributed by atoms with van der Waals surface area (Å²) in [6, 6.07) is -0.120. The monoisotopic (exact) mass is 286 g/mol. The molecule has 0 aromatic rings. The van der Waals surface area contributed by atoms with Crippen molar-refractivity contribution in [3.63, 3.8) is 0 Å². The number of nitrogens with zero attached hydrogens (tertiary/aromatic N) is 1. The molecule has 1 aliphatic heterocycles. The molecule has 2 N–H and O–H groups in total. The van der Waals surface area contributed by atoms with E-state index in [1.165, 1.54) is 6.42 Å². The van der Waals surface area contributed by atoms with Gasteiger partial charge in [0.1, 0.15) is 0 Å². The molecule has 1 unspecified atom stereocenters. The lowest BCUT2D eigenvalue weighted by molar-refractivity contribution is -0.146. The van der Waals surface area contributed by atoms with Crippen LogP contribution in [-0.4, -0.2) is 52.6 Å². The van der Waals surface area contributed by atoms with Crippen LogP contribution in [0.15, 0.2) is 0 Å². The van der Waals surface area contributed by atoms with Crippen LogP contribution in [0.2, 0.25) is 0 Å².